The van der Waals surface area contributed by atoms with Crippen molar-refractivity contribution in [2.45, 2.75) is 16.8 Å². The molecule has 0 unspecified atom stereocenters. The Morgan fingerprint density at radius 2 is 1.60 bits per heavy atom. The first-order valence-corrected chi connectivity index (χ1v) is 10.8. The normalized spacial score (nSPS) is 13.8. The fourth-order valence-electron chi connectivity index (χ4n) is 2.33. The average Bonchev–Trinajstić information content (AvgIpc) is 2.54. The molecule has 0 aliphatic rings. The summed E-state index contributed by atoms with van der Waals surface area (Å²) in [4.78, 5) is 0.0359. The van der Waals surface area contributed by atoms with Gasteiger partial charge < -0.3 is 5.11 Å². The molecule has 1 N–H and O–H groups in total. The largest absolute Gasteiger partial charge is 0.387 e. The van der Waals surface area contributed by atoms with Crippen LogP contribution < -0.4 is 0 Å². The summed E-state index contributed by atoms with van der Waals surface area (Å²) < 4.78 is 50.1. The van der Waals surface area contributed by atoms with E-state index in [4.69, 9.17) is 0 Å². The lowest BCUT2D eigenvalue weighted by atomic mass is 10.1. The van der Waals surface area contributed by atoms with Crippen molar-refractivity contribution in [1.82, 2.24) is 4.31 Å². The molecule has 0 radical (unpaired) electrons. The maximum absolute atomic E-state index is 12.4. The molecule has 0 aliphatic heterocycles. The van der Waals surface area contributed by atoms with E-state index in [0.717, 1.165) is 4.31 Å². The predicted octanol–water partition coefficient (Wildman–Crippen LogP) is 1.59. The first-order valence-electron chi connectivity index (χ1n) is 7.57. The fourth-order valence-corrected chi connectivity index (χ4v) is 4.78. The molecule has 0 aromatic heterocycles. The molecule has 8 heteroatoms. The number of sulfonamides is 1. The van der Waals surface area contributed by atoms with Crippen molar-refractivity contribution in [2.75, 3.05) is 19.8 Å². The Bertz CT molecular complexity index is 923. The summed E-state index contributed by atoms with van der Waals surface area (Å²) in [7, 11) is -4.43. The third-order valence-corrected chi connectivity index (χ3v) is 7.07. The Labute approximate surface area is 148 Å². The van der Waals surface area contributed by atoms with Crippen molar-refractivity contribution in [3.05, 3.63) is 65.7 Å². The highest BCUT2D eigenvalue weighted by Crippen LogP contribution is 2.20. The lowest BCUT2D eigenvalue weighted by molar-refractivity contribution is 0.201. The van der Waals surface area contributed by atoms with Crippen LogP contribution in [-0.2, 0) is 25.6 Å². The number of benzene rings is 2. The van der Waals surface area contributed by atoms with Gasteiger partial charge in [0.2, 0.25) is 10.0 Å². The van der Waals surface area contributed by atoms with E-state index >= 15 is 0 Å². The lowest BCUT2D eigenvalue weighted by Gasteiger charge is -2.14. The lowest BCUT2D eigenvalue weighted by Crippen LogP contribution is -2.22. The van der Waals surface area contributed by atoms with Crippen LogP contribution in [0.3, 0.4) is 0 Å². The van der Waals surface area contributed by atoms with Gasteiger partial charge in [-0.3, -0.25) is 0 Å². The summed E-state index contributed by atoms with van der Waals surface area (Å²) in [6.45, 7) is 0. The summed E-state index contributed by atoms with van der Waals surface area (Å²) in [5.74, 6) is -0.768. The highest BCUT2D eigenvalue weighted by atomic mass is 32.2. The number of rotatable bonds is 7. The zero-order valence-corrected chi connectivity index (χ0v) is 15.7. The molecule has 0 saturated carbocycles. The van der Waals surface area contributed by atoms with Gasteiger partial charge in [0, 0.05) is 14.1 Å². The zero-order valence-electron chi connectivity index (χ0n) is 14.0. The SMILES string of the molecule is CN(C)S(=O)(=O)c1cccc(CS(=O)(=O)C[C@H](O)c2ccccc2)c1. The van der Waals surface area contributed by atoms with Crippen LogP contribution in [0.2, 0.25) is 0 Å². The standard InChI is InChI=1S/C17H21NO5S2/c1-18(2)25(22,23)16-10-6-7-14(11-16)12-24(20,21)13-17(19)15-8-4-3-5-9-15/h3-11,17,19H,12-13H2,1-2H3/t17-/m0/s1. The fraction of sp³-hybridized carbons (Fsp3) is 0.294. The number of hydrogen-bond acceptors (Lipinski definition) is 5. The van der Waals surface area contributed by atoms with Crippen LogP contribution in [0.1, 0.15) is 17.2 Å². The third kappa shape index (κ3) is 5.12. The van der Waals surface area contributed by atoms with Gasteiger partial charge in [0.15, 0.2) is 9.84 Å². The smallest absolute Gasteiger partial charge is 0.242 e. The Morgan fingerprint density at radius 3 is 2.20 bits per heavy atom. The van der Waals surface area contributed by atoms with Gasteiger partial charge in [0.25, 0.3) is 0 Å². The zero-order chi connectivity index (χ0) is 18.7. The average molecular weight is 383 g/mol. The quantitative estimate of drug-likeness (QED) is 0.784. The van der Waals surface area contributed by atoms with Crippen molar-refractivity contribution < 1.29 is 21.9 Å². The molecule has 2 rings (SSSR count). The summed E-state index contributed by atoms with van der Waals surface area (Å²) in [6.07, 6.45) is -1.13. The van der Waals surface area contributed by atoms with E-state index in [1.807, 2.05) is 0 Å². The molecular weight excluding hydrogens is 362 g/mol. The second-order valence-electron chi connectivity index (χ2n) is 5.92. The van der Waals surface area contributed by atoms with Gasteiger partial charge in [-0.15, -0.1) is 0 Å². The van der Waals surface area contributed by atoms with E-state index < -0.39 is 31.7 Å². The molecule has 0 bridgehead atoms. The maximum atomic E-state index is 12.4. The van der Waals surface area contributed by atoms with Gasteiger partial charge in [0.1, 0.15) is 0 Å². The van der Waals surface area contributed by atoms with Crippen LogP contribution in [-0.4, -0.2) is 46.1 Å². The van der Waals surface area contributed by atoms with Crippen LogP contribution in [0.4, 0.5) is 0 Å². The van der Waals surface area contributed by atoms with Gasteiger partial charge in [0.05, 0.1) is 22.5 Å². The van der Waals surface area contributed by atoms with E-state index in [1.165, 1.54) is 32.3 Å². The van der Waals surface area contributed by atoms with Crippen LogP contribution in [0.25, 0.3) is 0 Å². The van der Waals surface area contributed by atoms with Crippen molar-refractivity contribution in [2.24, 2.45) is 0 Å². The number of hydrogen-bond donors (Lipinski definition) is 1. The first kappa shape index (κ1) is 19.6. The van der Waals surface area contributed by atoms with E-state index in [2.05, 4.69) is 0 Å². The highest BCUT2D eigenvalue weighted by Gasteiger charge is 2.21. The van der Waals surface area contributed by atoms with Crippen LogP contribution in [0.5, 0.6) is 0 Å². The van der Waals surface area contributed by atoms with E-state index in [9.17, 15) is 21.9 Å². The minimum Gasteiger partial charge on any atom is -0.387 e. The van der Waals surface area contributed by atoms with E-state index in [0.29, 0.717) is 11.1 Å². The van der Waals surface area contributed by atoms with Crippen molar-refractivity contribution >= 4 is 19.9 Å². The Kier molecular flexibility index (Phi) is 5.99. The topological polar surface area (TPSA) is 91.8 Å². The molecular formula is C17H21NO5S2. The minimum absolute atomic E-state index is 0.0359. The van der Waals surface area contributed by atoms with E-state index in [-0.39, 0.29) is 10.6 Å². The second kappa shape index (κ2) is 7.65. The van der Waals surface area contributed by atoms with Crippen LogP contribution >= 0.6 is 0 Å². The maximum Gasteiger partial charge on any atom is 0.242 e. The second-order valence-corrected chi connectivity index (χ2v) is 10.2. The van der Waals surface area contributed by atoms with Crippen molar-refractivity contribution in [3.8, 4) is 0 Å². The Hall–Kier alpha value is -1.74. The molecule has 0 amide bonds. The molecule has 1 atom stereocenters. The number of sulfone groups is 1. The highest BCUT2D eigenvalue weighted by molar-refractivity contribution is 7.90. The summed E-state index contributed by atoms with van der Waals surface area (Å²) >= 11 is 0. The molecule has 2 aromatic carbocycles. The monoisotopic (exact) mass is 383 g/mol. The van der Waals surface area contributed by atoms with Gasteiger partial charge in [-0.25, -0.2) is 21.1 Å². The minimum atomic E-state index is -3.63. The van der Waals surface area contributed by atoms with Crippen molar-refractivity contribution in [3.63, 3.8) is 0 Å². The van der Waals surface area contributed by atoms with E-state index in [1.54, 1.807) is 36.4 Å². The third-order valence-electron chi connectivity index (χ3n) is 3.66. The molecule has 0 aliphatic carbocycles. The van der Waals surface area contributed by atoms with Crippen LogP contribution in [0, 0.1) is 0 Å². The number of nitrogens with zero attached hydrogens (tertiary/aromatic N) is 1. The summed E-state index contributed by atoms with van der Waals surface area (Å²) in [5.41, 5.74) is 0.887. The molecule has 0 heterocycles. The van der Waals surface area contributed by atoms with Gasteiger partial charge in [-0.2, -0.15) is 0 Å². The molecule has 136 valence electrons. The Balaban J connectivity index is 2.18. The number of aliphatic hydroxyl groups is 1. The summed E-state index contributed by atoms with van der Waals surface area (Å²) in [5, 5.41) is 10.1. The predicted molar refractivity (Wildman–Crippen MR) is 96.2 cm³/mol. The molecule has 0 saturated heterocycles. The van der Waals surface area contributed by atoms with Crippen molar-refractivity contribution in [1.29, 1.82) is 0 Å². The molecule has 0 fully saturated rings. The van der Waals surface area contributed by atoms with Gasteiger partial charge in [-0.05, 0) is 23.3 Å². The van der Waals surface area contributed by atoms with Gasteiger partial charge >= 0.3 is 0 Å². The molecule has 6 nitrogen and oxygen atoms in total. The first-order chi connectivity index (χ1) is 11.6. The number of aliphatic hydroxyl groups excluding tert-OH is 1. The van der Waals surface area contributed by atoms with Gasteiger partial charge in [-0.1, -0.05) is 42.5 Å². The molecule has 0 spiro atoms. The molecule has 25 heavy (non-hydrogen) atoms. The van der Waals surface area contributed by atoms with Crippen LogP contribution in [0.15, 0.2) is 59.5 Å². The summed E-state index contributed by atoms with van der Waals surface area (Å²) in [6, 6.07) is 14.4. The molecule has 2 aromatic rings. The Morgan fingerprint density at radius 1 is 0.960 bits per heavy atom.